The number of esters is 1. The number of carbonyl (C=O) groups excluding carboxylic acids is 1. The second-order valence-corrected chi connectivity index (χ2v) is 6.62. The summed E-state index contributed by atoms with van der Waals surface area (Å²) in [4.78, 5) is 16.5. The van der Waals surface area contributed by atoms with E-state index in [9.17, 15) is 13.6 Å². The van der Waals surface area contributed by atoms with Crippen molar-refractivity contribution in [1.82, 2.24) is 4.98 Å². The molecule has 0 bridgehead atoms. The molecule has 6 heteroatoms. The van der Waals surface area contributed by atoms with Crippen molar-refractivity contribution in [3.05, 3.63) is 47.2 Å². The van der Waals surface area contributed by atoms with Crippen LogP contribution in [-0.2, 0) is 11.2 Å². The molecule has 0 spiro atoms. The van der Waals surface area contributed by atoms with E-state index < -0.39 is 17.6 Å². The Bertz CT molecular complexity index is 836. The van der Waals surface area contributed by atoms with Crippen molar-refractivity contribution >= 4 is 5.97 Å². The number of benzene rings is 1. The van der Waals surface area contributed by atoms with E-state index in [4.69, 9.17) is 9.47 Å². The number of nitrogens with zero attached hydrogens (tertiary/aromatic N) is 1. The fraction of sp³-hybridized carbons (Fsp3) is 0.400. The fourth-order valence-corrected chi connectivity index (χ4v) is 3.10. The number of halogens is 2. The summed E-state index contributed by atoms with van der Waals surface area (Å²) in [5, 5.41) is 0. The Morgan fingerprint density at radius 1 is 1.31 bits per heavy atom. The largest absolute Gasteiger partial charge is 0.474 e. The van der Waals surface area contributed by atoms with Gasteiger partial charge in [-0.3, -0.25) is 0 Å². The summed E-state index contributed by atoms with van der Waals surface area (Å²) in [6.45, 7) is 5.99. The van der Waals surface area contributed by atoms with Crippen molar-refractivity contribution in [3.63, 3.8) is 0 Å². The molecule has 2 heterocycles. The van der Waals surface area contributed by atoms with Gasteiger partial charge >= 0.3 is 5.97 Å². The second-order valence-electron chi connectivity index (χ2n) is 6.62. The molecule has 1 aromatic carbocycles. The molecular weight excluding hydrogens is 340 g/mol. The van der Waals surface area contributed by atoms with Crippen LogP contribution in [0.3, 0.4) is 0 Å². The highest BCUT2D eigenvalue weighted by atomic mass is 19.1. The standard InChI is InChI=1S/C20H21F2NO3/c1-4-25-20(24)17-10-15(13-6-5-12(21)9-16(13)22)14-7-8-18(11(2)3)26-19(14)23-17/h5-6,9-11,18H,4,7-8H2,1-3H3/t18-/m1/s1. The Morgan fingerprint density at radius 2 is 2.08 bits per heavy atom. The molecule has 1 aliphatic rings. The number of ether oxygens (including phenoxy) is 2. The molecule has 1 aromatic heterocycles. The van der Waals surface area contributed by atoms with Gasteiger partial charge in [0.05, 0.1) is 6.61 Å². The van der Waals surface area contributed by atoms with Crippen molar-refractivity contribution in [2.24, 2.45) is 5.92 Å². The van der Waals surface area contributed by atoms with E-state index in [1.165, 1.54) is 18.2 Å². The number of hydrogen-bond donors (Lipinski definition) is 0. The normalized spacial score (nSPS) is 16.2. The number of pyridine rings is 1. The summed E-state index contributed by atoms with van der Waals surface area (Å²) >= 11 is 0. The zero-order valence-electron chi connectivity index (χ0n) is 15.0. The SMILES string of the molecule is CCOC(=O)c1cc(-c2ccc(F)cc2F)c2c(n1)O[C@@H](C(C)C)CC2. The van der Waals surface area contributed by atoms with Crippen LogP contribution in [0.25, 0.3) is 11.1 Å². The smallest absolute Gasteiger partial charge is 0.357 e. The second kappa shape index (κ2) is 7.40. The van der Waals surface area contributed by atoms with Gasteiger partial charge < -0.3 is 9.47 Å². The molecule has 0 amide bonds. The van der Waals surface area contributed by atoms with E-state index in [2.05, 4.69) is 4.98 Å². The lowest BCUT2D eigenvalue weighted by molar-refractivity contribution is 0.0515. The molecule has 0 saturated carbocycles. The Labute approximate surface area is 151 Å². The maximum atomic E-state index is 14.4. The maximum Gasteiger partial charge on any atom is 0.357 e. The van der Waals surface area contributed by atoms with Crippen molar-refractivity contribution in [1.29, 1.82) is 0 Å². The number of aromatic nitrogens is 1. The number of rotatable bonds is 4. The van der Waals surface area contributed by atoms with Crippen LogP contribution in [0.4, 0.5) is 8.78 Å². The van der Waals surface area contributed by atoms with E-state index >= 15 is 0 Å². The van der Waals surface area contributed by atoms with E-state index in [0.717, 1.165) is 18.1 Å². The average molecular weight is 361 g/mol. The van der Waals surface area contributed by atoms with Gasteiger partial charge in [0.2, 0.25) is 5.88 Å². The van der Waals surface area contributed by atoms with Gasteiger partial charge in [-0.15, -0.1) is 0 Å². The molecule has 2 aromatic rings. The van der Waals surface area contributed by atoms with Crippen LogP contribution in [0.2, 0.25) is 0 Å². The third kappa shape index (κ3) is 3.54. The Kier molecular flexibility index (Phi) is 5.20. The van der Waals surface area contributed by atoms with Crippen molar-refractivity contribution in [2.45, 2.75) is 39.7 Å². The topological polar surface area (TPSA) is 48.4 Å². The number of hydrogen-bond acceptors (Lipinski definition) is 4. The number of fused-ring (bicyclic) bond motifs is 1. The van der Waals surface area contributed by atoms with Crippen LogP contribution in [0, 0.1) is 17.6 Å². The van der Waals surface area contributed by atoms with Crippen LogP contribution in [0.15, 0.2) is 24.3 Å². The summed E-state index contributed by atoms with van der Waals surface area (Å²) in [6.07, 6.45) is 1.37. The lowest BCUT2D eigenvalue weighted by Crippen LogP contribution is -2.29. The summed E-state index contributed by atoms with van der Waals surface area (Å²) in [6, 6.07) is 4.87. The molecule has 0 aliphatic carbocycles. The van der Waals surface area contributed by atoms with Crippen LogP contribution < -0.4 is 4.74 Å². The van der Waals surface area contributed by atoms with E-state index in [-0.39, 0.29) is 29.9 Å². The molecule has 1 atom stereocenters. The van der Waals surface area contributed by atoms with Gasteiger partial charge in [0.1, 0.15) is 17.7 Å². The zero-order chi connectivity index (χ0) is 18.8. The molecule has 3 rings (SSSR count). The van der Waals surface area contributed by atoms with Gasteiger partial charge in [-0.2, -0.15) is 0 Å². The minimum atomic E-state index is -0.695. The summed E-state index contributed by atoms with van der Waals surface area (Å²) < 4.78 is 38.7. The predicted octanol–water partition coefficient (Wildman–Crippen LogP) is 4.55. The average Bonchev–Trinajstić information content (AvgIpc) is 2.60. The molecule has 138 valence electrons. The third-order valence-corrected chi connectivity index (χ3v) is 4.48. The Hall–Kier alpha value is -2.50. The van der Waals surface area contributed by atoms with Crippen molar-refractivity contribution in [2.75, 3.05) is 6.61 Å². The summed E-state index contributed by atoms with van der Waals surface area (Å²) in [5.74, 6) is -1.36. The summed E-state index contributed by atoms with van der Waals surface area (Å²) in [7, 11) is 0. The zero-order valence-corrected chi connectivity index (χ0v) is 15.0. The number of carbonyl (C=O) groups is 1. The van der Waals surface area contributed by atoms with Gasteiger partial charge in [0, 0.05) is 17.2 Å². The molecule has 26 heavy (non-hydrogen) atoms. The monoisotopic (exact) mass is 361 g/mol. The first kappa shape index (κ1) is 18.3. The Balaban J connectivity index is 2.15. The molecule has 0 saturated heterocycles. The highest BCUT2D eigenvalue weighted by molar-refractivity contribution is 5.90. The van der Waals surface area contributed by atoms with Crippen LogP contribution >= 0.6 is 0 Å². The quantitative estimate of drug-likeness (QED) is 0.750. The predicted molar refractivity (Wildman–Crippen MR) is 93.1 cm³/mol. The highest BCUT2D eigenvalue weighted by Crippen LogP contribution is 2.37. The van der Waals surface area contributed by atoms with E-state index in [1.807, 2.05) is 13.8 Å². The van der Waals surface area contributed by atoms with Crippen molar-refractivity contribution < 1.29 is 23.0 Å². The summed E-state index contributed by atoms with van der Waals surface area (Å²) in [5.41, 5.74) is 1.47. The first-order valence-electron chi connectivity index (χ1n) is 8.73. The Morgan fingerprint density at radius 3 is 2.73 bits per heavy atom. The first-order chi connectivity index (χ1) is 12.4. The molecule has 4 nitrogen and oxygen atoms in total. The lowest BCUT2D eigenvalue weighted by atomic mass is 9.91. The third-order valence-electron chi connectivity index (χ3n) is 4.48. The lowest BCUT2D eigenvalue weighted by Gasteiger charge is -2.29. The molecule has 0 fully saturated rings. The van der Waals surface area contributed by atoms with Gasteiger partial charge in [-0.25, -0.2) is 18.6 Å². The van der Waals surface area contributed by atoms with Gasteiger partial charge in [-0.05, 0) is 49.4 Å². The van der Waals surface area contributed by atoms with Crippen LogP contribution in [-0.4, -0.2) is 23.7 Å². The van der Waals surface area contributed by atoms with E-state index in [0.29, 0.717) is 17.9 Å². The molecule has 0 radical (unpaired) electrons. The van der Waals surface area contributed by atoms with Crippen LogP contribution in [0.1, 0.15) is 43.2 Å². The minimum Gasteiger partial charge on any atom is -0.474 e. The molecule has 1 aliphatic heterocycles. The van der Waals surface area contributed by atoms with Crippen LogP contribution in [0.5, 0.6) is 5.88 Å². The first-order valence-corrected chi connectivity index (χ1v) is 8.73. The molecule has 0 unspecified atom stereocenters. The van der Waals surface area contributed by atoms with Gasteiger partial charge in [0.25, 0.3) is 0 Å². The highest BCUT2D eigenvalue weighted by Gasteiger charge is 2.28. The van der Waals surface area contributed by atoms with Crippen molar-refractivity contribution in [3.8, 4) is 17.0 Å². The maximum absolute atomic E-state index is 14.4. The molecular formula is C20H21F2NO3. The minimum absolute atomic E-state index is 0.0293. The fourth-order valence-electron chi connectivity index (χ4n) is 3.10. The van der Waals surface area contributed by atoms with Gasteiger partial charge in [0.15, 0.2) is 5.69 Å². The molecule has 0 N–H and O–H groups in total. The van der Waals surface area contributed by atoms with Gasteiger partial charge in [-0.1, -0.05) is 13.8 Å². The van der Waals surface area contributed by atoms with E-state index in [1.54, 1.807) is 6.92 Å².